The van der Waals surface area contributed by atoms with E-state index in [1.54, 1.807) is 48.7 Å². The summed E-state index contributed by atoms with van der Waals surface area (Å²) >= 11 is 0. The topological polar surface area (TPSA) is 90.8 Å². The average molecular weight is 366 g/mol. The molecule has 0 saturated carbocycles. The summed E-state index contributed by atoms with van der Waals surface area (Å²) in [5.74, 6) is -0.338. The molecule has 0 aliphatic carbocycles. The molecule has 1 atom stereocenters. The fraction of sp³-hybridized carbons (Fsp3) is 0.111. The van der Waals surface area contributed by atoms with Crippen LogP contribution in [0.2, 0.25) is 0 Å². The highest BCUT2D eigenvalue weighted by Gasteiger charge is 2.20. The number of aryl methyl sites for hydroxylation is 1. The van der Waals surface area contributed by atoms with Crippen LogP contribution in [0.1, 0.15) is 17.4 Å². The minimum Gasteiger partial charge on any atom is -0.382 e. The summed E-state index contributed by atoms with van der Waals surface area (Å²) in [4.78, 5) is 12.2. The first-order valence-electron chi connectivity index (χ1n) is 8.12. The normalized spacial score (nSPS) is 12.3. The lowest BCUT2D eigenvalue weighted by molar-refractivity contribution is 0.214. The Balaban J connectivity index is 1.72. The van der Waals surface area contributed by atoms with Gasteiger partial charge in [0.05, 0.1) is 17.1 Å². The molecule has 0 aliphatic rings. The number of aliphatic hydroxyl groups is 1. The van der Waals surface area contributed by atoms with Crippen LogP contribution in [0.3, 0.4) is 0 Å². The molecule has 8 nitrogen and oxygen atoms in total. The van der Waals surface area contributed by atoms with Crippen molar-refractivity contribution < 1.29 is 9.50 Å². The molecule has 9 heteroatoms. The number of hydrogen-bond acceptors (Lipinski definition) is 5. The van der Waals surface area contributed by atoms with Crippen molar-refractivity contribution in [1.29, 1.82) is 0 Å². The van der Waals surface area contributed by atoms with Crippen LogP contribution < -0.4 is 5.69 Å². The molecule has 0 aliphatic heterocycles. The molecule has 4 rings (SSSR count). The van der Waals surface area contributed by atoms with Crippen LogP contribution in [0.25, 0.3) is 11.4 Å². The Hall–Kier alpha value is -3.59. The quantitative estimate of drug-likeness (QED) is 0.589. The summed E-state index contributed by atoms with van der Waals surface area (Å²) in [6.07, 6.45) is 0.583. The largest absolute Gasteiger partial charge is 0.382 e. The highest BCUT2D eigenvalue weighted by molar-refractivity contribution is 5.44. The smallest absolute Gasteiger partial charge is 0.368 e. The second-order valence-corrected chi connectivity index (χ2v) is 5.92. The fourth-order valence-electron chi connectivity index (χ4n) is 2.76. The van der Waals surface area contributed by atoms with Gasteiger partial charge in [-0.25, -0.2) is 13.9 Å². The van der Waals surface area contributed by atoms with E-state index >= 15 is 0 Å². The predicted octanol–water partition coefficient (Wildman–Crippen LogP) is 1.37. The van der Waals surface area contributed by atoms with Gasteiger partial charge < -0.3 is 5.11 Å². The van der Waals surface area contributed by atoms with Gasteiger partial charge in [0, 0.05) is 18.8 Å². The SMILES string of the molecule is Cn1nnn(-c2ccccc2C(O)c2ccn(-c3ccc(F)cc3)n2)c1=O. The lowest BCUT2D eigenvalue weighted by Gasteiger charge is -2.12. The zero-order valence-electron chi connectivity index (χ0n) is 14.3. The first kappa shape index (κ1) is 16.9. The van der Waals surface area contributed by atoms with Gasteiger partial charge in [-0.1, -0.05) is 18.2 Å². The van der Waals surface area contributed by atoms with E-state index in [1.165, 1.54) is 23.9 Å². The monoisotopic (exact) mass is 366 g/mol. The highest BCUT2D eigenvalue weighted by atomic mass is 19.1. The molecule has 0 amide bonds. The standard InChI is InChI=1S/C18H15FN6O2/c1-23-18(27)25(22-21-23)16-5-3-2-4-14(16)17(26)15-10-11-24(20-15)13-8-6-12(19)7-9-13/h2-11,17,26H,1H3. The number of nitrogens with zero attached hydrogens (tertiary/aromatic N) is 6. The van der Waals surface area contributed by atoms with Crippen LogP contribution in [0, 0.1) is 5.82 Å². The second kappa shape index (κ2) is 6.61. The molecule has 1 N–H and O–H groups in total. The van der Waals surface area contributed by atoms with Crippen molar-refractivity contribution in [3.05, 3.63) is 88.4 Å². The number of hydrogen-bond donors (Lipinski definition) is 1. The third-order valence-electron chi connectivity index (χ3n) is 4.16. The molecule has 4 aromatic rings. The van der Waals surface area contributed by atoms with Gasteiger partial charge in [0.15, 0.2) is 0 Å². The van der Waals surface area contributed by atoms with E-state index in [0.29, 0.717) is 22.6 Å². The van der Waals surface area contributed by atoms with Crippen molar-refractivity contribution in [3.63, 3.8) is 0 Å². The van der Waals surface area contributed by atoms with E-state index in [1.807, 2.05) is 0 Å². The third-order valence-corrected chi connectivity index (χ3v) is 4.16. The minimum absolute atomic E-state index is 0.338. The lowest BCUT2D eigenvalue weighted by Crippen LogP contribution is -2.23. The summed E-state index contributed by atoms with van der Waals surface area (Å²) in [5.41, 5.74) is 1.49. The van der Waals surface area contributed by atoms with Gasteiger partial charge in [-0.2, -0.15) is 14.5 Å². The number of tetrazole rings is 1. The van der Waals surface area contributed by atoms with Crippen LogP contribution in [0.4, 0.5) is 4.39 Å². The maximum Gasteiger partial charge on any atom is 0.368 e. The number of halogens is 1. The van der Waals surface area contributed by atoms with Gasteiger partial charge in [-0.15, -0.1) is 0 Å². The summed E-state index contributed by atoms with van der Waals surface area (Å²) in [7, 11) is 1.50. The Kier molecular flexibility index (Phi) is 4.13. The Morgan fingerprint density at radius 2 is 1.78 bits per heavy atom. The van der Waals surface area contributed by atoms with Crippen LogP contribution in [-0.2, 0) is 7.05 Å². The number of benzene rings is 2. The molecular formula is C18H15FN6O2. The molecule has 0 spiro atoms. The van der Waals surface area contributed by atoms with Crippen LogP contribution in [-0.4, -0.2) is 34.7 Å². The molecule has 2 aromatic heterocycles. The van der Waals surface area contributed by atoms with Crippen molar-refractivity contribution >= 4 is 0 Å². The van der Waals surface area contributed by atoms with Crippen molar-refractivity contribution in [2.24, 2.45) is 7.05 Å². The van der Waals surface area contributed by atoms with E-state index in [4.69, 9.17) is 0 Å². The van der Waals surface area contributed by atoms with Crippen LogP contribution in [0.15, 0.2) is 65.6 Å². The van der Waals surface area contributed by atoms with Gasteiger partial charge >= 0.3 is 5.69 Å². The Morgan fingerprint density at radius 3 is 2.48 bits per heavy atom. The molecule has 0 bridgehead atoms. The van der Waals surface area contributed by atoms with E-state index in [-0.39, 0.29) is 5.82 Å². The van der Waals surface area contributed by atoms with E-state index < -0.39 is 11.8 Å². The van der Waals surface area contributed by atoms with E-state index in [0.717, 1.165) is 9.36 Å². The highest BCUT2D eigenvalue weighted by Crippen LogP contribution is 2.25. The summed E-state index contributed by atoms with van der Waals surface area (Å²) in [6.45, 7) is 0. The second-order valence-electron chi connectivity index (χ2n) is 5.92. The zero-order valence-corrected chi connectivity index (χ0v) is 14.3. The molecule has 136 valence electrons. The van der Waals surface area contributed by atoms with E-state index in [9.17, 15) is 14.3 Å². The van der Waals surface area contributed by atoms with Crippen LogP contribution >= 0.6 is 0 Å². The summed E-state index contributed by atoms with van der Waals surface area (Å²) in [5, 5.41) is 22.7. The molecular weight excluding hydrogens is 351 g/mol. The van der Waals surface area contributed by atoms with Gasteiger partial charge in [0.25, 0.3) is 0 Å². The molecule has 1 unspecified atom stereocenters. The average Bonchev–Trinajstić information content (AvgIpc) is 3.30. The van der Waals surface area contributed by atoms with Gasteiger partial charge in [-0.3, -0.25) is 0 Å². The first-order chi connectivity index (χ1) is 13.0. The van der Waals surface area contributed by atoms with Gasteiger partial charge in [-0.05, 0) is 46.8 Å². The minimum atomic E-state index is -1.09. The fourth-order valence-corrected chi connectivity index (χ4v) is 2.76. The van der Waals surface area contributed by atoms with Gasteiger partial charge in [0.2, 0.25) is 0 Å². The molecule has 2 aromatic carbocycles. The number of aliphatic hydroxyl groups excluding tert-OH is 1. The molecule has 0 saturated heterocycles. The Bertz CT molecular complexity index is 1150. The molecule has 2 heterocycles. The van der Waals surface area contributed by atoms with Gasteiger partial charge in [0.1, 0.15) is 11.9 Å². The predicted molar refractivity (Wildman–Crippen MR) is 94.2 cm³/mol. The first-order valence-corrected chi connectivity index (χ1v) is 8.12. The van der Waals surface area contributed by atoms with E-state index in [2.05, 4.69) is 15.5 Å². The Labute approximate surface area is 152 Å². The van der Waals surface area contributed by atoms with Crippen molar-refractivity contribution in [1.82, 2.24) is 29.6 Å². The van der Waals surface area contributed by atoms with Crippen molar-refractivity contribution in [2.75, 3.05) is 0 Å². The maximum atomic E-state index is 13.1. The summed E-state index contributed by atoms with van der Waals surface area (Å²) in [6, 6.07) is 14.4. The number of aromatic nitrogens is 6. The summed E-state index contributed by atoms with van der Waals surface area (Å²) < 4.78 is 16.8. The van der Waals surface area contributed by atoms with Crippen LogP contribution in [0.5, 0.6) is 0 Å². The Morgan fingerprint density at radius 1 is 1.04 bits per heavy atom. The molecule has 27 heavy (non-hydrogen) atoms. The third kappa shape index (κ3) is 3.04. The number of para-hydroxylation sites is 1. The maximum absolute atomic E-state index is 13.1. The number of rotatable bonds is 4. The van der Waals surface area contributed by atoms with Crippen molar-refractivity contribution in [2.45, 2.75) is 6.10 Å². The molecule has 0 fully saturated rings. The lowest BCUT2D eigenvalue weighted by atomic mass is 10.0. The zero-order chi connectivity index (χ0) is 19.0. The molecule has 0 radical (unpaired) electrons. The van der Waals surface area contributed by atoms with Crippen molar-refractivity contribution in [3.8, 4) is 11.4 Å².